The minimum Gasteiger partial charge on any atom is -0.497 e. The van der Waals surface area contributed by atoms with Gasteiger partial charge in [0, 0.05) is 17.5 Å². The van der Waals surface area contributed by atoms with Crippen molar-refractivity contribution in [2.45, 2.75) is 19.4 Å². The van der Waals surface area contributed by atoms with Gasteiger partial charge in [0.05, 0.1) is 38.0 Å². The van der Waals surface area contributed by atoms with Gasteiger partial charge in [-0.25, -0.2) is 14.2 Å². The number of anilines is 1. The molecule has 0 saturated carbocycles. The van der Waals surface area contributed by atoms with Gasteiger partial charge in [0.15, 0.2) is 5.17 Å². The maximum Gasteiger partial charge on any atom is 0.338 e. The van der Waals surface area contributed by atoms with Crippen molar-refractivity contribution in [1.29, 1.82) is 0 Å². The van der Waals surface area contributed by atoms with Crippen molar-refractivity contribution in [3.05, 3.63) is 82.3 Å². The van der Waals surface area contributed by atoms with Crippen LogP contribution in [0.1, 0.15) is 24.9 Å². The molecule has 2 heterocycles. The number of rotatable bonds is 6. The van der Waals surface area contributed by atoms with E-state index in [1.807, 2.05) is 5.41 Å². The Morgan fingerprint density at radius 1 is 1.18 bits per heavy atom. The fraction of sp³-hybridized carbons (Fsp3) is 0.208. The zero-order valence-corrected chi connectivity index (χ0v) is 19.1. The average Bonchev–Trinajstić information content (AvgIpc) is 3.19. The van der Waals surface area contributed by atoms with E-state index in [0.29, 0.717) is 39.1 Å². The Morgan fingerprint density at radius 2 is 1.97 bits per heavy atom. The molecule has 2 aliphatic heterocycles. The molecule has 0 spiro atoms. The maximum absolute atomic E-state index is 14.1. The summed E-state index contributed by atoms with van der Waals surface area (Å²) in [5.74, 6) is -0.600. The molecule has 0 saturated heterocycles. The molecular formula is C24H22FN3O4S. The number of methoxy groups -OCH3 is 2. The number of aliphatic imine (C=N–C) groups is 1. The molecule has 170 valence electrons. The maximum atomic E-state index is 14.1. The van der Waals surface area contributed by atoms with Crippen LogP contribution >= 0.6 is 11.8 Å². The van der Waals surface area contributed by atoms with E-state index in [-0.39, 0.29) is 12.3 Å². The van der Waals surface area contributed by atoms with Gasteiger partial charge >= 0.3 is 5.97 Å². The number of thioether (sulfide) groups is 1. The van der Waals surface area contributed by atoms with Crippen LogP contribution in [-0.4, -0.2) is 36.2 Å². The van der Waals surface area contributed by atoms with E-state index in [1.165, 1.54) is 31.0 Å². The molecule has 2 aromatic carbocycles. The first-order chi connectivity index (χ1) is 15.9. The van der Waals surface area contributed by atoms with Crippen molar-refractivity contribution >= 4 is 34.5 Å². The minimum atomic E-state index is -0.675. The second kappa shape index (κ2) is 9.50. The van der Waals surface area contributed by atoms with Gasteiger partial charge in [0.1, 0.15) is 11.6 Å². The van der Waals surface area contributed by atoms with Crippen molar-refractivity contribution < 1.29 is 23.5 Å². The van der Waals surface area contributed by atoms with Gasteiger partial charge in [-0.2, -0.15) is 0 Å². The van der Waals surface area contributed by atoms with Crippen molar-refractivity contribution in [2.75, 3.05) is 19.5 Å². The topological polar surface area (TPSA) is 80.2 Å². The molecule has 0 unspecified atom stereocenters. The Morgan fingerprint density at radius 3 is 2.70 bits per heavy atom. The summed E-state index contributed by atoms with van der Waals surface area (Å²) in [5.41, 5.74) is 2.59. The van der Waals surface area contributed by atoms with E-state index in [9.17, 15) is 14.0 Å². The summed E-state index contributed by atoms with van der Waals surface area (Å²) in [7, 11) is 2.85. The summed E-state index contributed by atoms with van der Waals surface area (Å²) in [6.07, 6.45) is 0.0303. The van der Waals surface area contributed by atoms with Crippen molar-refractivity contribution in [2.24, 2.45) is 4.99 Å². The third-order valence-corrected chi connectivity index (χ3v) is 6.15. The number of fused-ring (bicyclic) bond motifs is 1. The quantitative estimate of drug-likeness (QED) is 0.625. The number of benzene rings is 2. The van der Waals surface area contributed by atoms with Crippen LogP contribution in [0.15, 0.2) is 75.9 Å². The number of hydrogen-bond donors (Lipinski definition) is 1. The van der Waals surface area contributed by atoms with E-state index in [4.69, 9.17) is 9.47 Å². The third-order valence-electron chi connectivity index (χ3n) is 5.27. The molecule has 0 aromatic heterocycles. The van der Waals surface area contributed by atoms with Crippen LogP contribution in [0, 0.1) is 5.82 Å². The lowest BCUT2D eigenvalue weighted by atomic mass is 9.94. The first-order valence-electron chi connectivity index (χ1n) is 10.1. The molecule has 0 fully saturated rings. The Kier molecular flexibility index (Phi) is 6.50. The van der Waals surface area contributed by atoms with Gasteiger partial charge in [-0.05, 0) is 42.2 Å². The molecule has 33 heavy (non-hydrogen) atoms. The minimum absolute atomic E-state index is 0.0303. The second-order valence-corrected chi connectivity index (χ2v) is 8.23. The van der Waals surface area contributed by atoms with Crippen LogP contribution in [-0.2, 0) is 14.3 Å². The number of ether oxygens (including phenoxy) is 2. The van der Waals surface area contributed by atoms with Crippen LogP contribution in [0.4, 0.5) is 10.1 Å². The zero-order chi connectivity index (χ0) is 23.5. The van der Waals surface area contributed by atoms with Crippen LogP contribution in [0.2, 0.25) is 0 Å². The highest BCUT2D eigenvalue weighted by Gasteiger charge is 2.41. The predicted octanol–water partition coefficient (Wildman–Crippen LogP) is 4.61. The predicted molar refractivity (Wildman–Crippen MR) is 125 cm³/mol. The first-order valence-corrected chi connectivity index (χ1v) is 11.0. The van der Waals surface area contributed by atoms with Gasteiger partial charge in [-0.3, -0.25) is 4.79 Å². The normalized spacial score (nSPS) is 17.2. The Labute approximate surface area is 195 Å². The molecule has 1 amide bonds. The van der Waals surface area contributed by atoms with Gasteiger partial charge in [0.25, 0.3) is 0 Å². The number of amidine groups is 1. The fourth-order valence-corrected chi connectivity index (χ4v) is 4.77. The lowest BCUT2D eigenvalue weighted by Gasteiger charge is -2.36. The number of amides is 1. The number of nitrogens with one attached hydrogen (secondary N) is 1. The molecule has 0 aliphatic carbocycles. The van der Waals surface area contributed by atoms with Crippen molar-refractivity contribution in [3.63, 3.8) is 0 Å². The molecule has 1 atom stereocenters. The molecule has 0 bridgehead atoms. The summed E-state index contributed by atoms with van der Waals surface area (Å²) in [6, 6.07) is 12.4. The number of hydrogen-bond acceptors (Lipinski definition) is 7. The van der Waals surface area contributed by atoms with Crippen molar-refractivity contribution in [1.82, 2.24) is 4.90 Å². The number of carbonyl (C=O) groups excluding carboxylic acids is 2. The fourth-order valence-electron chi connectivity index (χ4n) is 3.80. The number of halogens is 1. The molecular weight excluding hydrogens is 445 g/mol. The highest BCUT2D eigenvalue weighted by Crippen LogP contribution is 2.44. The van der Waals surface area contributed by atoms with Gasteiger partial charge in [-0.15, -0.1) is 0 Å². The summed E-state index contributed by atoms with van der Waals surface area (Å²) in [4.78, 5) is 31.9. The first kappa shape index (κ1) is 22.6. The van der Waals surface area contributed by atoms with Gasteiger partial charge < -0.3 is 19.7 Å². The third kappa shape index (κ3) is 4.63. The monoisotopic (exact) mass is 467 g/mol. The lowest BCUT2D eigenvalue weighted by Crippen LogP contribution is -2.37. The number of allylic oxidation sites excluding steroid dienone is 1. The highest BCUT2D eigenvalue weighted by molar-refractivity contribution is 8.16. The summed E-state index contributed by atoms with van der Waals surface area (Å²) >= 11 is 1.35. The van der Waals surface area contributed by atoms with E-state index in [1.54, 1.807) is 55.3 Å². The summed E-state index contributed by atoms with van der Waals surface area (Å²) in [5, 5.41) is 5.29. The number of carbonyl (C=O) groups is 2. The zero-order valence-electron chi connectivity index (χ0n) is 18.3. The van der Waals surface area contributed by atoms with E-state index < -0.39 is 17.8 Å². The smallest absolute Gasteiger partial charge is 0.338 e. The average molecular weight is 468 g/mol. The Hall–Kier alpha value is -3.59. The Bertz CT molecular complexity index is 1210. The highest BCUT2D eigenvalue weighted by atomic mass is 32.2. The molecule has 2 aliphatic rings. The molecule has 4 rings (SSSR count). The van der Waals surface area contributed by atoms with E-state index in [0.717, 1.165) is 0 Å². The Balaban J connectivity index is 1.65. The molecule has 1 N–H and O–H groups in total. The number of nitrogens with zero attached hydrogens (tertiary/aromatic N) is 2. The summed E-state index contributed by atoms with van der Waals surface area (Å²) in [6.45, 7) is 1.72. The SMILES string of the molecule is COC(=O)C1=C(C)N=C2SC=C(CC(=O)Nc3cccc(OC)c3)N2[C@@H]1c1cccc(F)c1. The van der Waals surface area contributed by atoms with Crippen LogP contribution in [0.5, 0.6) is 5.75 Å². The molecule has 0 radical (unpaired) electrons. The molecule has 2 aromatic rings. The van der Waals surface area contributed by atoms with E-state index in [2.05, 4.69) is 10.3 Å². The second-order valence-electron chi connectivity index (χ2n) is 7.40. The standard InChI is InChI=1S/C24H22FN3O4S/c1-14-21(23(30)32-3)22(15-6-4-7-16(25)10-15)28-18(13-33-24(28)26-14)12-20(29)27-17-8-5-9-19(11-17)31-2/h4-11,13,22H,12H2,1-3H3,(H,27,29)/t22-/m1/s1. The largest absolute Gasteiger partial charge is 0.497 e. The van der Waals surface area contributed by atoms with Crippen LogP contribution in [0.25, 0.3) is 0 Å². The summed E-state index contributed by atoms with van der Waals surface area (Å²) < 4.78 is 24.3. The molecule has 9 heteroatoms. The van der Waals surface area contributed by atoms with Crippen molar-refractivity contribution in [3.8, 4) is 5.75 Å². The molecule has 7 nitrogen and oxygen atoms in total. The van der Waals surface area contributed by atoms with Crippen LogP contribution in [0.3, 0.4) is 0 Å². The van der Waals surface area contributed by atoms with Gasteiger partial charge in [0.2, 0.25) is 5.91 Å². The van der Waals surface area contributed by atoms with Gasteiger partial charge in [-0.1, -0.05) is 30.0 Å². The number of esters is 1. The van der Waals surface area contributed by atoms with E-state index >= 15 is 0 Å². The lowest BCUT2D eigenvalue weighted by molar-refractivity contribution is -0.136. The van der Waals surface area contributed by atoms with Crippen LogP contribution < -0.4 is 10.1 Å².